The Morgan fingerprint density at radius 3 is 2.57 bits per heavy atom. The number of rotatable bonds is 7. The smallest absolute Gasteiger partial charge is 0.329 e. The van der Waals surface area contributed by atoms with Crippen LogP contribution in [0.5, 0.6) is 0 Å². The maximum atomic E-state index is 13.4. The average Bonchev–Trinajstić information content (AvgIpc) is 3.37. The van der Waals surface area contributed by atoms with E-state index in [9.17, 15) is 24.3 Å². The van der Waals surface area contributed by atoms with E-state index >= 15 is 0 Å². The number of imidazole rings is 1. The number of carboxylic acids is 1. The number of aryl methyl sites for hydroxylation is 1. The lowest BCUT2D eigenvalue weighted by molar-refractivity contribution is -0.139. The summed E-state index contributed by atoms with van der Waals surface area (Å²) in [4.78, 5) is 49.2. The number of cyclic esters (lactones) is 1. The largest absolute Gasteiger partial charge is 0.481 e. The van der Waals surface area contributed by atoms with Crippen LogP contribution in [0.2, 0.25) is 0 Å². The predicted octanol–water partition coefficient (Wildman–Crippen LogP) is 2.52. The second-order valence-electron chi connectivity index (χ2n) is 8.49. The molecule has 0 saturated carbocycles. The molecule has 1 atom stereocenters. The number of ether oxygens (including phenoxy) is 1. The van der Waals surface area contributed by atoms with Crippen molar-refractivity contribution in [3.05, 3.63) is 82.3 Å². The summed E-state index contributed by atoms with van der Waals surface area (Å²) in [5, 5.41) is 13.9. The number of amides is 1. The maximum Gasteiger partial charge on any atom is 0.329 e. The van der Waals surface area contributed by atoms with Crippen molar-refractivity contribution in [3.8, 4) is 0 Å². The van der Waals surface area contributed by atoms with Gasteiger partial charge in [0, 0.05) is 18.5 Å². The number of nitrogens with one attached hydrogen (secondary N) is 1. The minimum Gasteiger partial charge on any atom is -0.481 e. The number of nitrogens with zero attached hydrogens (tertiary/aromatic N) is 2. The first-order valence-electron chi connectivity index (χ1n) is 11.3. The molecule has 35 heavy (non-hydrogen) atoms. The molecule has 1 saturated heterocycles. The standard InChI is InChI=1S/C26H23N3O6/c30-23(31)10-12-28-22-14-17(24(32)27-20-11-13-35-25(20)33)8-9-21(22)29(26(28)34)15-18-6-3-5-16-4-1-2-7-19(16)18/h1-9,14,20H,10-13,15H2,(H,27,32)(H,30,31). The third kappa shape index (κ3) is 4.28. The van der Waals surface area contributed by atoms with E-state index in [-0.39, 0.29) is 37.4 Å². The monoisotopic (exact) mass is 473 g/mol. The Labute approximate surface area is 199 Å². The van der Waals surface area contributed by atoms with E-state index in [1.54, 1.807) is 22.8 Å². The van der Waals surface area contributed by atoms with Gasteiger partial charge < -0.3 is 15.2 Å². The molecule has 0 bridgehead atoms. The molecule has 0 spiro atoms. The highest BCUT2D eigenvalue weighted by Crippen LogP contribution is 2.22. The Bertz CT molecular complexity index is 1530. The van der Waals surface area contributed by atoms with Crippen LogP contribution in [0.25, 0.3) is 21.8 Å². The molecule has 2 heterocycles. The zero-order chi connectivity index (χ0) is 24.5. The van der Waals surface area contributed by atoms with Crippen LogP contribution in [0.4, 0.5) is 0 Å². The van der Waals surface area contributed by atoms with Crippen LogP contribution in [0.3, 0.4) is 0 Å². The van der Waals surface area contributed by atoms with Crippen LogP contribution in [-0.4, -0.2) is 44.7 Å². The summed E-state index contributed by atoms with van der Waals surface area (Å²) in [6.45, 7) is 0.512. The van der Waals surface area contributed by atoms with Gasteiger partial charge in [-0.1, -0.05) is 42.5 Å². The first-order chi connectivity index (χ1) is 16.9. The first kappa shape index (κ1) is 22.4. The molecule has 1 fully saturated rings. The number of aromatic nitrogens is 2. The summed E-state index contributed by atoms with van der Waals surface area (Å²) in [5.41, 5.74) is 1.90. The zero-order valence-electron chi connectivity index (χ0n) is 18.8. The molecule has 1 aromatic heterocycles. The van der Waals surface area contributed by atoms with Gasteiger partial charge in [-0.15, -0.1) is 0 Å². The second-order valence-corrected chi connectivity index (χ2v) is 8.49. The van der Waals surface area contributed by atoms with Gasteiger partial charge in [-0.25, -0.2) is 9.59 Å². The van der Waals surface area contributed by atoms with Gasteiger partial charge in [0.1, 0.15) is 6.04 Å². The molecule has 9 nitrogen and oxygen atoms in total. The number of benzene rings is 3. The second kappa shape index (κ2) is 9.09. The Balaban J connectivity index is 1.57. The van der Waals surface area contributed by atoms with Gasteiger partial charge in [-0.3, -0.25) is 18.7 Å². The molecule has 0 radical (unpaired) electrons. The number of carboxylic acid groups (broad SMARTS) is 1. The average molecular weight is 473 g/mol. The van der Waals surface area contributed by atoms with E-state index in [0.29, 0.717) is 17.5 Å². The molecule has 4 aromatic rings. The number of carbonyl (C=O) groups excluding carboxylic acids is 2. The summed E-state index contributed by atoms with van der Waals surface area (Å²) >= 11 is 0. The number of esters is 1. The van der Waals surface area contributed by atoms with Crippen molar-refractivity contribution >= 4 is 39.7 Å². The van der Waals surface area contributed by atoms with Gasteiger partial charge in [-0.2, -0.15) is 0 Å². The van der Waals surface area contributed by atoms with E-state index in [1.807, 2.05) is 42.5 Å². The van der Waals surface area contributed by atoms with Gasteiger partial charge in [0.25, 0.3) is 5.91 Å². The van der Waals surface area contributed by atoms with Crippen LogP contribution >= 0.6 is 0 Å². The molecule has 9 heteroatoms. The predicted molar refractivity (Wildman–Crippen MR) is 128 cm³/mol. The number of carbonyl (C=O) groups is 3. The van der Waals surface area contributed by atoms with Crippen molar-refractivity contribution < 1.29 is 24.2 Å². The Kier molecular flexibility index (Phi) is 5.82. The highest BCUT2D eigenvalue weighted by molar-refractivity contribution is 5.99. The fourth-order valence-corrected chi connectivity index (χ4v) is 4.51. The molecule has 1 unspecified atom stereocenters. The lowest BCUT2D eigenvalue weighted by atomic mass is 10.0. The molecule has 1 amide bonds. The lowest BCUT2D eigenvalue weighted by Crippen LogP contribution is -2.37. The van der Waals surface area contributed by atoms with Crippen molar-refractivity contribution in [2.24, 2.45) is 0 Å². The third-order valence-electron chi connectivity index (χ3n) is 6.28. The van der Waals surface area contributed by atoms with E-state index < -0.39 is 23.9 Å². The van der Waals surface area contributed by atoms with Gasteiger partial charge in [0.2, 0.25) is 0 Å². The van der Waals surface area contributed by atoms with Gasteiger partial charge in [0.15, 0.2) is 0 Å². The fourth-order valence-electron chi connectivity index (χ4n) is 4.51. The summed E-state index contributed by atoms with van der Waals surface area (Å²) < 4.78 is 7.87. The number of aliphatic carboxylic acids is 1. The third-order valence-corrected chi connectivity index (χ3v) is 6.28. The SMILES string of the molecule is O=C(O)CCn1c(=O)n(Cc2cccc3ccccc23)c2ccc(C(=O)NC3CCOC3=O)cc21. The molecular weight excluding hydrogens is 450 g/mol. The van der Waals surface area contributed by atoms with Crippen LogP contribution in [0.1, 0.15) is 28.8 Å². The molecule has 0 aliphatic carbocycles. The minimum atomic E-state index is -1.03. The quantitative estimate of drug-likeness (QED) is 0.398. The normalized spacial score (nSPS) is 15.4. The van der Waals surface area contributed by atoms with Crippen LogP contribution in [0.15, 0.2) is 65.5 Å². The van der Waals surface area contributed by atoms with Crippen LogP contribution in [0, 0.1) is 0 Å². The van der Waals surface area contributed by atoms with Crippen molar-refractivity contribution in [1.82, 2.24) is 14.5 Å². The first-order valence-corrected chi connectivity index (χ1v) is 11.3. The number of hydrogen-bond acceptors (Lipinski definition) is 5. The molecule has 178 valence electrons. The highest BCUT2D eigenvalue weighted by Gasteiger charge is 2.28. The van der Waals surface area contributed by atoms with E-state index in [2.05, 4.69) is 5.32 Å². The summed E-state index contributed by atoms with van der Waals surface area (Å²) in [6, 6.07) is 17.9. The van der Waals surface area contributed by atoms with E-state index in [4.69, 9.17) is 4.74 Å². The van der Waals surface area contributed by atoms with Crippen molar-refractivity contribution in [3.63, 3.8) is 0 Å². The fraction of sp³-hybridized carbons (Fsp3) is 0.231. The van der Waals surface area contributed by atoms with Crippen molar-refractivity contribution in [2.75, 3.05) is 6.61 Å². The topological polar surface area (TPSA) is 120 Å². The zero-order valence-corrected chi connectivity index (χ0v) is 18.8. The van der Waals surface area contributed by atoms with Crippen molar-refractivity contribution in [2.45, 2.75) is 32.0 Å². The summed E-state index contributed by atoms with van der Waals surface area (Å²) in [6.07, 6.45) is 0.162. The molecule has 3 aromatic carbocycles. The Morgan fingerprint density at radius 2 is 1.80 bits per heavy atom. The summed E-state index contributed by atoms with van der Waals surface area (Å²) in [7, 11) is 0. The maximum absolute atomic E-state index is 13.4. The Morgan fingerprint density at radius 1 is 1.00 bits per heavy atom. The lowest BCUT2D eigenvalue weighted by Gasteiger charge is -2.10. The van der Waals surface area contributed by atoms with Gasteiger partial charge >= 0.3 is 17.6 Å². The highest BCUT2D eigenvalue weighted by atomic mass is 16.5. The molecule has 1 aliphatic heterocycles. The van der Waals surface area contributed by atoms with Crippen LogP contribution < -0.4 is 11.0 Å². The molecule has 5 rings (SSSR count). The van der Waals surface area contributed by atoms with Crippen molar-refractivity contribution in [1.29, 1.82) is 0 Å². The number of hydrogen-bond donors (Lipinski definition) is 2. The minimum absolute atomic E-state index is 0.0345. The van der Waals surface area contributed by atoms with Crippen LogP contribution in [-0.2, 0) is 27.4 Å². The number of fused-ring (bicyclic) bond motifs is 2. The van der Waals surface area contributed by atoms with E-state index in [1.165, 1.54) is 4.57 Å². The van der Waals surface area contributed by atoms with Gasteiger partial charge in [-0.05, 0) is 34.5 Å². The molecular formula is C26H23N3O6. The summed E-state index contributed by atoms with van der Waals surface area (Å²) in [5.74, 6) is -1.96. The van der Waals surface area contributed by atoms with Gasteiger partial charge in [0.05, 0.1) is 30.6 Å². The molecule has 2 N–H and O–H groups in total. The van der Waals surface area contributed by atoms with E-state index in [0.717, 1.165) is 16.3 Å². The molecule has 1 aliphatic rings. The Hall–Kier alpha value is -4.40.